The fourth-order valence-electron chi connectivity index (χ4n) is 3.11. The molecule has 1 amide bonds. The van der Waals surface area contributed by atoms with Gasteiger partial charge in [0.05, 0.1) is 12.6 Å². The smallest absolute Gasteiger partial charge is 0.224 e. The fraction of sp³-hybridized carbons (Fsp3) is 0.524. The van der Waals surface area contributed by atoms with Crippen molar-refractivity contribution in [2.75, 3.05) is 19.6 Å². The Kier molecular flexibility index (Phi) is 6.23. The molecule has 1 aromatic rings. The second-order valence-corrected chi connectivity index (χ2v) is 7.70. The molecule has 1 aliphatic rings. The van der Waals surface area contributed by atoms with Crippen LogP contribution < -0.4 is 5.32 Å². The number of nitriles is 1. The minimum atomic E-state index is -0.606. The maximum atomic E-state index is 12.5. The Labute approximate surface area is 151 Å². The van der Waals surface area contributed by atoms with Crippen LogP contribution in [-0.4, -0.2) is 30.4 Å². The number of carbonyl (C=O) groups excluding carboxylic acids is 1. The summed E-state index contributed by atoms with van der Waals surface area (Å²) in [5.41, 5.74) is 2.10. The second-order valence-electron chi connectivity index (χ2n) is 7.70. The highest BCUT2D eigenvalue weighted by Gasteiger charge is 2.26. The summed E-state index contributed by atoms with van der Waals surface area (Å²) in [5.74, 6) is 2.56. The van der Waals surface area contributed by atoms with Crippen molar-refractivity contribution in [3.05, 3.63) is 35.4 Å². The van der Waals surface area contributed by atoms with Crippen LogP contribution in [0.15, 0.2) is 24.3 Å². The molecule has 2 rings (SSSR count). The van der Waals surface area contributed by atoms with Crippen LogP contribution in [0.4, 0.5) is 0 Å². The summed E-state index contributed by atoms with van der Waals surface area (Å²) < 4.78 is 0. The van der Waals surface area contributed by atoms with Gasteiger partial charge in [-0.1, -0.05) is 51.0 Å². The number of rotatable bonds is 4. The summed E-state index contributed by atoms with van der Waals surface area (Å²) in [6, 6.07) is 9.53. The molecule has 1 fully saturated rings. The van der Waals surface area contributed by atoms with Crippen molar-refractivity contribution in [1.82, 2.24) is 10.2 Å². The molecule has 4 nitrogen and oxygen atoms in total. The van der Waals surface area contributed by atoms with Gasteiger partial charge in [-0.3, -0.25) is 9.69 Å². The first-order chi connectivity index (χ1) is 11.8. The van der Waals surface area contributed by atoms with Gasteiger partial charge in [-0.15, -0.1) is 6.42 Å². The molecule has 0 bridgehead atoms. The Morgan fingerprint density at radius 2 is 1.92 bits per heavy atom. The third-order valence-electron chi connectivity index (χ3n) is 4.80. The Bertz CT molecular complexity index is 665. The topological polar surface area (TPSA) is 56.1 Å². The lowest BCUT2D eigenvalue weighted by Crippen LogP contribution is -2.41. The van der Waals surface area contributed by atoms with Crippen LogP contribution in [0.25, 0.3) is 0 Å². The molecule has 0 aromatic heterocycles. The Hall–Kier alpha value is -2.30. The van der Waals surface area contributed by atoms with Crippen LogP contribution in [0, 0.1) is 29.6 Å². The number of terminal acetylenes is 1. The standard InChI is InChI=1S/C21H27N3O/c1-5-12-24-13-10-17(11-14-24)20(25)23-19(15-22)16-6-8-18(9-7-16)21(2,3)4/h1,6-9,17,19H,10-14H2,2-4H3,(H,23,25)/t19-/m0/s1. The van der Waals surface area contributed by atoms with Gasteiger partial charge in [-0.2, -0.15) is 5.26 Å². The van der Waals surface area contributed by atoms with Gasteiger partial charge >= 0.3 is 0 Å². The Balaban J connectivity index is 1.97. The van der Waals surface area contributed by atoms with Gasteiger partial charge in [0.15, 0.2) is 0 Å². The number of amides is 1. The Morgan fingerprint density at radius 3 is 2.40 bits per heavy atom. The summed E-state index contributed by atoms with van der Waals surface area (Å²) in [6.07, 6.45) is 6.91. The van der Waals surface area contributed by atoms with E-state index in [2.05, 4.69) is 43.0 Å². The third kappa shape index (κ3) is 5.08. The summed E-state index contributed by atoms with van der Waals surface area (Å²) >= 11 is 0. The maximum Gasteiger partial charge on any atom is 0.224 e. The largest absolute Gasteiger partial charge is 0.336 e. The van der Waals surface area contributed by atoms with Gasteiger partial charge in [0.1, 0.15) is 6.04 Å². The van der Waals surface area contributed by atoms with Crippen LogP contribution in [0.3, 0.4) is 0 Å². The van der Waals surface area contributed by atoms with Crippen LogP contribution in [0.2, 0.25) is 0 Å². The van der Waals surface area contributed by atoms with E-state index in [0.29, 0.717) is 6.54 Å². The number of nitrogens with one attached hydrogen (secondary N) is 1. The summed E-state index contributed by atoms with van der Waals surface area (Å²) in [7, 11) is 0. The van der Waals surface area contributed by atoms with E-state index in [1.54, 1.807) is 0 Å². The molecule has 0 spiro atoms. The van der Waals surface area contributed by atoms with E-state index >= 15 is 0 Å². The maximum absolute atomic E-state index is 12.5. The van der Waals surface area contributed by atoms with E-state index in [1.165, 1.54) is 5.56 Å². The zero-order valence-electron chi connectivity index (χ0n) is 15.4. The number of hydrogen-bond donors (Lipinski definition) is 1. The van der Waals surface area contributed by atoms with Gasteiger partial charge in [-0.25, -0.2) is 0 Å². The third-order valence-corrected chi connectivity index (χ3v) is 4.80. The first-order valence-corrected chi connectivity index (χ1v) is 8.81. The predicted octanol–water partition coefficient (Wildman–Crippen LogP) is 3.01. The number of piperidine rings is 1. The molecule has 132 valence electrons. The van der Waals surface area contributed by atoms with Gasteiger partial charge in [0.2, 0.25) is 5.91 Å². The fourth-order valence-corrected chi connectivity index (χ4v) is 3.11. The molecule has 1 aromatic carbocycles. The van der Waals surface area contributed by atoms with Crippen molar-refractivity contribution in [3.8, 4) is 18.4 Å². The monoisotopic (exact) mass is 337 g/mol. The first kappa shape index (κ1) is 19.0. The second kappa shape index (κ2) is 8.19. The summed E-state index contributed by atoms with van der Waals surface area (Å²) in [6.45, 7) is 8.75. The number of hydrogen-bond acceptors (Lipinski definition) is 3. The lowest BCUT2D eigenvalue weighted by Gasteiger charge is -2.30. The molecule has 0 unspecified atom stereocenters. The lowest BCUT2D eigenvalue weighted by atomic mass is 9.86. The summed E-state index contributed by atoms with van der Waals surface area (Å²) in [4.78, 5) is 14.7. The molecule has 1 heterocycles. The highest BCUT2D eigenvalue weighted by molar-refractivity contribution is 5.79. The minimum Gasteiger partial charge on any atom is -0.336 e. The Morgan fingerprint density at radius 1 is 1.32 bits per heavy atom. The van der Waals surface area contributed by atoms with E-state index in [-0.39, 0.29) is 17.2 Å². The normalized spacial score (nSPS) is 17.3. The van der Waals surface area contributed by atoms with Crippen molar-refractivity contribution in [1.29, 1.82) is 5.26 Å². The highest BCUT2D eigenvalue weighted by Crippen LogP contribution is 2.24. The van der Waals surface area contributed by atoms with E-state index in [1.807, 2.05) is 24.3 Å². The molecule has 0 saturated carbocycles. The summed E-state index contributed by atoms with van der Waals surface area (Å²) in [5, 5.41) is 12.4. The molecule has 1 atom stereocenters. The molecule has 1 aliphatic heterocycles. The van der Waals surface area contributed by atoms with Gasteiger partial charge in [0, 0.05) is 5.92 Å². The lowest BCUT2D eigenvalue weighted by molar-refractivity contribution is -0.126. The number of nitrogens with zero attached hydrogens (tertiary/aromatic N) is 2. The number of carbonyl (C=O) groups is 1. The molecule has 1 N–H and O–H groups in total. The van der Waals surface area contributed by atoms with Crippen LogP contribution in [0.5, 0.6) is 0 Å². The molecule has 1 saturated heterocycles. The average Bonchev–Trinajstić information content (AvgIpc) is 2.60. The quantitative estimate of drug-likeness (QED) is 0.859. The van der Waals surface area contributed by atoms with E-state index in [0.717, 1.165) is 31.5 Å². The SMILES string of the molecule is C#CCN1CCC(C(=O)N[C@@H](C#N)c2ccc(C(C)(C)C)cc2)CC1. The molecular formula is C21H27N3O. The average molecular weight is 337 g/mol. The molecular weight excluding hydrogens is 310 g/mol. The number of benzene rings is 1. The van der Waals surface area contributed by atoms with Gasteiger partial charge < -0.3 is 5.32 Å². The first-order valence-electron chi connectivity index (χ1n) is 8.81. The molecule has 4 heteroatoms. The van der Waals surface area contributed by atoms with Crippen LogP contribution in [-0.2, 0) is 10.2 Å². The van der Waals surface area contributed by atoms with Crippen molar-refractivity contribution in [2.24, 2.45) is 5.92 Å². The molecule has 0 aliphatic carbocycles. The zero-order chi connectivity index (χ0) is 18.4. The highest BCUT2D eigenvalue weighted by atomic mass is 16.1. The minimum absolute atomic E-state index is 0.0354. The van der Waals surface area contributed by atoms with Gasteiger partial charge in [-0.05, 0) is 42.5 Å². The van der Waals surface area contributed by atoms with E-state index in [9.17, 15) is 10.1 Å². The zero-order valence-corrected chi connectivity index (χ0v) is 15.4. The predicted molar refractivity (Wildman–Crippen MR) is 99.6 cm³/mol. The van der Waals surface area contributed by atoms with Crippen molar-refractivity contribution >= 4 is 5.91 Å². The molecule has 25 heavy (non-hydrogen) atoms. The van der Waals surface area contributed by atoms with Crippen molar-refractivity contribution < 1.29 is 4.79 Å². The van der Waals surface area contributed by atoms with Crippen molar-refractivity contribution in [3.63, 3.8) is 0 Å². The van der Waals surface area contributed by atoms with Crippen molar-refractivity contribution in [2.45, 2.75) is 45.1 Å². The van der Waals surface area contributed by atoms with E-state index < -0.39 is 6.04 Å². The van der Waals surface area contributed by atoms with E-state index in [4.69, 9.17) is 6.42 Å². The van der Waals surface area contributed by atoms with Crippen LogP contribution in [0.1, 0.15) is 50.8 Å². The number of likely N-dealkylation sites (tertiary alicyclic amines) is 1. The van der Waals surface area contributed by atoms with Crippen LogP contribution >= 0.6 is 0 Å². The van der Waals surface area contributed by atoms with Gasteiger partial charge in [0.25, 0.3) is 0 Å². The molecule has 0 radical (unpaired) electrons.